The van der Waals surface area contributed by atoms with Crippen LogP contribution in [-0.2, 0) is 17.1 Å². The maximum atomic E-state index is 13.1. The van der Waals surface area contributed by atoms with Crippen LogP contribution in [0.5, 0.6) is 5.75 Å². The number of ether oxygens (including phenoxy) is 1. The molecule has 1 aromatic carbocycles. The zero-order valence-corrected chi connectivity index (χ0v) is 16.6. The van der Waals surface area contributed by atoms with E-state index in [1.807, 2.05) is 0 Å². The number of oxazole rings is 1. The highest BCUT2D eigenvalue weighted by Gasteiger charge is 2.32. The molecule has 0 spiro atoms. The molecule has 3 aromatic rings. The number of hydrogen-bond donors (Lipinski definition) is 0. The summed E-state index contributed by atoms with van der Waals surface area (Å²) in [5.74, 6) is -0.0547. The van der Waals surface area contributed by atoms with Gasteiger partial charge in [0.15, 0.2) is 5.58 Å². The zero-order valence-electron chi connectivity index (χ0n) is 15.0. The van der Waals surface area contributed by atoms with Gasteiger partial charge >= 0.3 is 5.76 Å². The Balaban J connectivity index is 1.59. The molecular weight excluding hydrogens is 406 g/mol. The van der Waals surface area contributed by atoms with Gasteiger partial charge in [-0.25, -0.2) is 13.2 Å². The fourth-order valence-corrected chi connectivity index (χ4v) is 4.97. The van der Waals surface area contributed by atoms with Gasteiger partial charge in [-0.2, -0.15) is 4.31 Å². The molecule has 1 fully saturated rings. The van der Waals surface area contributed by atoms with Crippen molar-refractivity contribution >= 4 is 32.7 Å². The average molecular weight is 424 g/mol. The summed E-state index contributed by atoms with van der Waals surface area (Å²) < 4.78 is 39.9. The SMILES string of the molecule is Cn1c(=O)oc2ccc(S(=O)(=O)N3CCC[C@H](Oc4ccncc4Cl)C3)cc21. The van der Waals surface area contributed by atoms with E-state index in [0.29, 0.717) is 34.8 Å². The number of pyridine rings is 1. The summed E-state index contributed by atoms with van der Waals surface area (Å²) in [6.45, 7) is 0.609. The molecule has 0 N–H and O–H groups in total. The van der Waals surface area contributed by atoms with Crippen molar-refractivity contribution in [3.05, 3.63) is 52.2 Å². The van der Waals surface area contributed by atoms with Crippen LogP contribution in [0.15, 0.2) is 50.8 Å². The van der Waals surface area contributed by atoms with Gasteiger partial charge in [-0.05, 0) is 31.0 Å². The van der Waals surface area contributed by atoms with Crippen LogP contribution in [0, 0.1) is 0 Å². The molecule has 0 amide bonds. The van der Waals surface area contributed by atoms with Gasteiger partial charge in [0.2, 0.25) is 10.0 Å². The lowest BCUT2D eigenvalue weighted by molar-refractivity contribution is 0.130. The number of halogens is 1. The molecule has 0 aliphatic carbocycles. The molecule has 4 rings (SSSR count). The zero-order chi connectivity index (χ0) is 19.9. The van der Waals surface area contributed by atoms with Crippen molar-refractivity contribution in [3.63, 3.8) is 0 Å². The normalized spacial score (nSPS) is 18.4. The number of nitrogens with zero attached hydrogens (tertiary/aromatic N) is 3. The van der Waals surface area contributed by atoms with Crippen LogP contribution in [0.25, 0.3) is 11.1 Å². The first-order valence-corrected chi connectivity index (χ1v) is 10.5. The fraction of sp³-hybridized carbons (Fsp3) is 0.333. The standard InChI is InChI=1S/C18H18ClN3O5S/c1-21-15-9-13(4-5-17(15)27-18(21)23)28(24,25)22-8-2-3-12(11-22)26-16-6-7-20-10-14(16)19/h4-7,9-10,12H,2-3,8,11H2,1H3/t12-/m0/s1. The quantitative estimate of drug-likeness (QED) is 0.639. The van der Waals surface area contributed by atoms with Crippen molar-refractivity contribution in [2.75, 3.05) is 13.1 Å². The molecule has 0 unspecified atom stereocenters. The summed E-state index contributed by atoms with van der Waals surface area (Å²) in [6.07, 6.45) is 4.13. The molecule has 1 aliphatic heterocycles. The molecule has 10 heteroatoms. The lowest BCUT2D eigenvalue weighted by atomic mass is 10.1. The highest BCUT2D eigenvalue weighted by atomic mass is 35.5. The lowest BCUT2D eigenvalue weighted by Gasteiger charge is -2.32. The number of aromatic nitrogens is 2. The predicted octanol–water partition coefficient (Wildman–Crippen LogP) is 2.41. The van der Waals surface area contributed by atoms with E-state index in [2.05, 4.69) is 4.98 Å². The number of piperidine rings is 1. The summed E-state index contributed by atoms with van der Waals surface area (Å²) in [4.78, 5) is 15.7. The van der Waals surface area contributed by atoms with Gasteiger partial charge in [0.1, 0.15) is 16.9 Å². The fourth-order valence-electron chi connectivity index (χ4n) is 3.27. The molecule has 28 heavy (non-hydrogen) atoms. The topological polar surface area (TPSA) is 94.6 Å². The summed E-state index contributed by atoms with van der Waals surface area (Å²) in [6, 6.07) is 6.06. The molecule has 0 saturated carbocycles. The van der Waals surface area contributed by atoms with Crippen LogP contribution in [0.4, 0.5) is 0 Å². The Hall–Kier alpha value is -2.36. The van der Waals surface area contributed by atoms with E-state index in [9.17, 15) is 13.2 Å². The van der Waals surface area contributed by atoms with Gasteiger partial charge in [0.25, 0.3) is 0 Å². The highest BCUT2D eigenvalue weighted by Crippen LogP contribution is 2.28. The molecule has 3 heterocycles. The minimum atomic E-state index is -3.75. The third-order valence-electron chi connectivity index (χ3n) is 4.77. The van der Waals surface area contributed by atoms with Crippen molar-refractivity contribution in [3.8, 4) is 5.75 Å². The minimum absolute atomic E-state index is 0.110. The molecule has 1 aliphatic rings. The van der Waals surface area contributed by atoms with E-state index >= 15 is 0 Å². The van der Waals surface area contributed by atoms with Crippen LogP contribution >= 0.6 is 11.6 Å². The largest absolute Gasteiger partial charge is 0.487 e. The van der Waals surface area contributed by atoms with E-state index in [4.69, 9.17) is 20.8 Å². The van der Waals surface area contributed by atoms with Gasteiger partial charge in [-0.15, -0.1) is 0 Å². The van der Waals surface area contributed by atoms with E-state index in [1.165, 1.54) is 40.3 Å². The van der Waals surface area contributed by atoms with Crippen molar-refractivity contribution in [1.82, 2.24) is 13.9 Å². The molecular formula is C18H18ClN3O5S. The van der Waals surface area contributed by atoms with Crippen molar-refractivity contribution < 1.29 is 17.6 Å². The van der Waals surface area contributed by atoms with Crippen molar-refractivity contribution in [1.29, 1.82) is 0 Å². The van der Waals surface area contributed by atoms with Crippen LogP contribution in [0.2, 0.25) is 5.02 Å². The molecule has 1 saturated heterocycles. The first-order valence-electron chi connectivity index (χ1n) is 8.72. The second-order valence-corrected chi connectivity index (χ2v) is 8.95. The smallest absolute Gasteiger partial charge is 0.419 e. The van der Waals surface area contributed by atoms with E-state index in [-0.39, 0.29) is 17.5 Å². The number of aryl methyl sites for hydroxylation is 1. The van der Waals surface area contributed by atoms with E-state index < -0.39 is 15.8 Å². The van der Waals surface area contributed by atoms with Crippen molar-refractivity contribution in [2.24, 2.45) is 7.05 Å². The number of hydrogen-bond acceptors (Lipinski definition) is 6. The van der Waals surface area contributed by atoms with E-state index in [0.717, 1.165) is 6.42 Å². The summed E-state index contributed by atoms with van der Waals surface area (Å²) in [7, 11) is -2.21. The first kappa shape index (κ1) is 19.0. The summed E-state index contributed by atoms with van der Waals surface area (Å²) in [5.41, 5.74) is 0.776. The third-order valence-corrected chi connectivity index (χ3v) is 6.92. The summed E-state index contributed by atoms with van der Waals surface area (Å²) in [5, 5.41) is 0.383. The summed E-state index contributed by atoms with van der Waals surface area (Å²) >= 11 is 6.08. The lowest BCUT2D eigenvalue weighted by Crippen LogP contribution is -2.44. The molecule has 148 valence electrons. The van der Waals surface area contributed by atoms with Gasteiger partial charge in [0, 0.05) is 32.1 Å². The van der Waals surface area contributed by atoms with Gasteiger partial charge in [-0.1, -0.05) is 11.6 Å². The second-order valence-electron chi connectivity index (χ2n) is 6.61. The number of fused-ring (bicyclic) bond motifs is 1. The number of rotatable bonds is 4. The third kappa shape index (κ3) is 3.41. The Kier molecular flexibility index (Phi) is 4.90. The van der Waals surface area contributed by atoms with Gasteiger partial charge < -0.3 is 9.15 Å². The molecule has 1 atom stereocenters. The number of sulfonamides is 1. The molecule has 8 nitrogen and oxygen atoms in total. The monoisotopic (exact) mass is 423 g/mol. The Morgan fingerprint density at radius 3 is 2.93 bits per heavy atom. The molecule has 0 bridgehead atoms. The predicted molar refractivity (Wildman–Crippen MR) is 103 cm³/mol. The molecule has 0 radical (unpaired) electrons. The Labute approximate surface area is 166 Å². The van der Waals surface area contributed by atoms with Gasteiger partial charge in [0.05, 0.1) is 17.0 Å². The number of benzene rings is 1. The van der Waals surface area contributed by atoms with Crippen LogP contribution in [-0.4, -0.2) is 41.5 Å². The maximum absolute atomic E-state index is 13.1. The Morgan fingerprint density at radius 2 is 2.14 bits per heavy atom. The van der Waals surface area contributed by atoms with E-state index in [1.54, 1.807) is 12.3 Å². The first-order chi connectivity index (χ1) is 13.4. The Morgan fingerprint density at radius 1 is 1.32 bits per heavy atom. The van der Waals surface area contributed by atoms with Crippen LogP contribution < -0.4 is 10.5 Å². The molecule has 2 aromatic heterocycles. The van der Waals surface area contributed by atoms with Gasteiger partial charge in [-0.3, -0.25) is 9.55 Å². The second kappa shape index (κ2) is 7.23. The Bertz CT molecular complexity index is 1190. The van der Waals surface area contributed by atoms with Crippen molar-refractivity contribution in [2.45, 2.75) is 23.8 Å². The van der Waals surface area contributed by atoms with Crippen LogP contribution in [0.1, 0.15) is 12.8 Å². The average Bonchev–Trinajstić information content (AvgIpc) is 2.97. The minimum Gasteiger partial charge on any atom is -0.487 e. The highest BCUT2D eigenvalue weighted by molar-refractivity contribution is 7.89. The van der Waals surface area contributed by atoms with Crippen LogP contribution in [0.3, 0.4) is 0 Å². The maximum Gasteiger partial charge on any atom is 0.419 e.